The van der Waals surface area contributed by atoms with Crippen molar-refractivity contribution in [2.75, 3.05) is 19.8 Å². The molecule has 0 aliphatic heterocycles. The van der Waals surface area contributed by atoms with E-state index in [4.69, 9.17) is 16.3 Å². The van der Waals surface area contributed by atoms with E-state index in [0.29, 0.717) is 5.92 Å². The molecule has 2 nitrogen and oxygen atoms in total. The Morgan fingerprint density at radius 1 is 1.38 bits per heavy atom. The van der Waals surface area contributed by atoms with Crippen LogP contribution in [0.15, 0.2) is 24.3 Å². The van der Waals surface area contributed by atoms with Crippen molar-refractivity contribution >= 4 is 11.6 Å². The first kappa shape index (κ1) is 13.5. The third kappa shape index (κ3) is 6.11. The molecule has 1 aromatic rings. The molecule has 16 heavy (non-hydrogen) atoms. The number of halogens is 1. The average molecular weight is 242 g/mol. The van der Waals surface area contributed by atoms with Crippen molar-refractivity contribution < 1.29 is 4.74 Å². The van der Waals surface area contributed by atoms with Gasteiger partial charge in [0.1, 0.15) is 0 Å². The summed E-state index contributed by atoms with van der Waals surface area (Å²) in [5.74, 6) is 0.605. The van der Waals surface area contributed by atoms with Crippen molar-refractivity contribution in [3.63, 3.8) is 0 Å². The molecular formula is C13H20ClNO. The van der Waals surface area contributed by atoms with E-state index in [-0.39, 0.29) is 0 Å². The largest absolute Gasteiger partial charge is 0.380 e. The van der Waals surface area contributed by atoms with Crippen LogP contribution in [-0.4, -0.2) is 19.8 Å². The van der Waals surface area contributed by atoms with Gasteiger partial charge >= 0.3 is 0 Å². The van der Waals surface area contributed by atoms with Gasteiger partial charge in [0.05, 0.1) is 6.61 Å². The number of hydrogen-bond donors (Lipinski definition) is 1. The van der Waals surface area contributed by atoms with Gasteiger partial charge in [0.15, 0.2) is 0 Å². The Hall–Kier alpha value is -0.570. The second-order valence-corrected chi connectivity index (χ2v) is 4.71. The molecule has 0 atom stereocenters. The predicted octanol–water partition coefficient (Wildman–Crippen LogP) is 3.10. The molecule has 1 aromatic carbocycles. The van der Waals surface area contributed by atoms with Gasteiger partial charge in [-0.05, 0) is 23.6 Å². The molecule has 0 amide bonds. The van der Waals surface area contributed by atoms with Crippen LogP contribution in [0.25, 0.3) is 0 Å². The van der Waals surface area contributed by atoms with Crippen LogP contribution in [-0.2, 0) is 11.3 Å². The maximum absolute atomic E-state index is 5.89. The lowest BCUT2D eigenvalue weighted by molar-refractivity contribution is 0.111. The van der Waals surface area contributed by atoms with E-state index in [1.165, 1.54) is 5.56 Å². The molecule has 0 saturated heterocycles. The second-order valence-electron chi connectivity index (χ2n) is 4.28. The molecule has 0 unspecified atom stereocenters. The summed E-state index contributed by atoms with van der Waals surface area (Å²) in [7, 11) is 0. The Kier molecular flexibility index (Phi) is 6.46. The van der Waals surface area contributed by atoms with Gasteiger partial charge in [-0.1, -0.05) is 37.6 Å². The van der Waals surface area contributed by atoms with E-state index in [9.17, 15) is 0 Å². The SMILES string of the molecule is CC(C)COCCNCc1cccc(Cl)c1. The lowest BCUT2D eigenvalue weighted by Gasteiger charge is -2.08. The van der Waals surface area contributed by atoms with Gasteiger partial charge < -0.3 is 10.1 Å². The minimum Gasteiger partial charge on any atom is -0.380 e. The number of benzene rings is 1. The van der Waals surface area contributed by atoms with Gasteiger partial charge in [-0.25, -0.2) is 0 Å². The molecule has 0 spiro atoms. The average Bonchev–Trinajstić information content (AvgIpc) is 2.23. The highest BCUT2D eigenvalue weighted by Gasteiger charge is 1.95. The zero-order chi connectivity index (χ0) is 11.8. The van der Waals surface area contributed by atoms with Crippen molar-refractivity contribution in [2.45, 2.75) is 20.4 Å². The van der Waals surface area contributed by atoms with Gasteiger partial charge in [-0.2, -0.15) is 0 Å². The van der Waals surface area contributed by atoms with E-state index < -0.39 is 0 Å². The summed E-state index contributed by atoms with van der Waals surface area (Å²) < 4.78 is 5.47. The fraction of sp³-hybridized carbons (Fsp3) is 0.538. The molecule has 90 valence electrons. The molecule has 3 heteroatoms. The Balaban J connectivity index is 2.07. The first-order valence-corrected chi connectivity index (χ1v) is 6.09. The third-order valence-corrected chi connectivity index (χ3v) is 2.33. The summed E-state index contributed by atoms with van der Waals surface area (Å²) in [5, 5.41) is 4.11. The van der Waals surface area contributed by atoms with E-state index in [0.717, 1.165) is 31.3 Å². The van der Waals surface area contributed by atoms with Gasteiger partial charge in [0.25, 0.3) is 0 Å². The fourth-order valence-electron chi connectivity index (χ4n) is 1.34. The number of ether oxygens (including phenoxy) is 1. The van der Waals surface area contributed by atoms with Crippen molar-refractivity contribution in [1.82, 2.24) is 5.32 Å². The van der Waals surface area contributed by atoms with E-state index in [1.807, 2.05) is 18.2 Å². The zero-order valence-electron chi connectivity index (χ0n) is 10.0. The highest BCUT2D eigenvalue weighted by molar-refractivity contribution is 6.30. The van der Waals surface area contributed by atoms with Gasteiger partial charge in [-0.15, -0.1) is 0 Å². The van der Waals surface area contributed by atoms with Crippen LogP contribution in [0.3, 0.4) is 0 Å². The molecule has 0 aliphatic rings. The summed E-state index contributed by atoms with van der Waals surface area (Å²) in [5.41, 5.74) is 1.20. The Morgan fingerprint density at radius 2 is 2.19 bits per heavy atom. The lowest BCUT2D eigenvalue weighted by atomic mass is 10.2. The quantitative estimate of drug-likeness (QED) is 0.741. The van der Waals surface area contributed by atoms with E-state index in [1.54, 1.807) is 0 Å². The van der Waals surface area contributed by atoms with Crippen LogP contribution in [0.4, 0.5) is 0 Å². The van der Waals surface area contributed by atoms with Crippen molar-refractivity contribution in [2.24, 2.45) is 5.92 Å². The van der Waals surface area contributed by atoms with Crippen LogP contribution in [0, 0.1) is 5.92 Å². The summed E-state index contributed by atoms with van der Waals surface area (Å²) >= 11 is 5.89. The van der Waals surface area contributed by atoms with Crippen LogP contribution in [0.2, 0.25) is 5.02 Å². The maximum atomic E-state index is 5.89. The molecule has 0 bridgehead atoms. The van der Waals surface area contributed by atoms with Crippen LogP contribution in [0.5, 0.6) is 0 Å². The Bertz CT molecular complexity index is 302. The molecule has 0 aliphatic carbocycles. The summed E-state index contributed by atoms with van der Waals surface area (Å²) in [6.07, 6.45) is 0. The van der Waals surface area contributed by atoms with Crippen LogP contribution >= 0.6 is 11.6 Å². The summed E-state index contributed by atoms with van der Waals surface area (Å²) in [6, 6.07) is 7.89. The topological polar surface area (TPSA) is 21.3 Å². The molecule has 1 N–H and O–H groups in total. The van der Waals surface area contributed by atoms with Gasteiger partial charge in [0.2, 0.25) is 0 Å². The lowest BCUT2D eigenvalue weighted by Crippen LogP contribution is -2.20. The molecular weight excluding hydrogens is 222 g/mol. The maximum Gasteiger partial charge on any atom is 0.0591 e. The Labute approximate surface area is 103 Å². The number of nitrogens with one attached hydrogen (secondary N) is 1. The van der Waals surface area contributed by atoms with Gasteiger partial charge in [-0.3, -0.25) is 0 Å². The zero-order valence-corrected chi connectivity index (χ0v) is 10.8. The van der Waals surface area contributed by atoms with Crippen molar-refractivity contribution in [3.05, 3.63) is 34.9 Å². The van der Waals surface area contributed by atoms with Crippen LogP contribution < -0.4 is 5.32 Å². The van der Waals surface area contributed by atoms with Crippen LogP contribution in [0.1, 0.15) is 19.4 Å². The highest BCUT2D eigenvalue weighted by atomic mass is 35.5. The number of rotatable bonds is 7. The highest BCUT2D eigenvalue weighted by Crippen LogP contribution is 2.09. The monoisotopic (exact) mass is 241 g/mol. The molecule has 0 aromatic heterocycles. The molecule has 0 saturated carbocycles. The normalized spacial score (nSPS) is 11.0. The molecule has 1 rings (SSSR count). The summed E-state index contributed by atoms with van der Waals surface area (Å²) in [4.78, 5) is 0. The molecule has 0 heterocycles. The second kappa shape index (κ2) is 7.66. The van der Waals surface area contributed by atoms with Gasteiger partial charge in [0, 0.05) is 24.7 Å². The fourth-order valence-corrected chi connectivity index (χ4v) is 1.56. The molecule has 0 fully saturated rings. The van der Waals surface area contributed by atoms with E-state index >= 15 is 0 Å². The third-order valence-electron chi connectivity index (χ3n) is 2.09. The van der Waals surface area contributed by atoms with Crippen molar-refractivity contribution in [1.29, 1.82) is 0 Å². The predicted molar refractivity (Wildman–Crippen MR) is 68.8 cm³/mol. The first-order chi connectivity index (χ1) is 7.68. The Morgan fingerprint density at radius 3 is 2.88 bits per heavy atom. The van der Waals surface area contributed by atoms with E-state index in [2.05, 4.69) is 25.2 Å². The molecule has 0 radical (unpaired) electrons. The number of hydrogen-bond acceptors (Lipinski definition) is 2. The first-order valence-electron chi connectivity index (χ1n) is 5.71. The van der Waals surface area contributed by atoms with Crippen molar-refractivity contribution in [3.8, 4) is 0 Å². The standard InChI is InChI=1S/C13H20ClNO/c1-11(2)10-16-7-6-15-9-12-4-3-5-13(14)8-12/h3-5,8,11,15H,6-7,9-10H2,1-2H3. The minimum atomic E-state index is 0.605. The smallest absolute Gasteiger partial charge is 0.0591 e. The summed E-state index contributed by atoms with van der Waals surface area (Å²) in [6.45, 7) is 7.61. The minimum absolute atomic E-state index is 0.605.